The highest BCUT2D eigenvalue weighted by Crippen LogP contribution is 2.14. The number of amides is 2. The van der Waals surface area contributed by atoms with Gasteiger partial charge in [0.25, 0.3) is 0 Å². The van der Waals surface area contributed by atoms with Crippen molar-refractivity contribution in [1.82, 2.24) is 10.6 Å². The lowest BCUT2D eigenvalue weighted by Crippen LogP contribution is -2.36. The van der Waals surface area contributed by atoms with E-state index in [0.717, 1.165) is 22.6 Å². The van der Waals surface area contributed by atoms with Crippen molar-refractivity contribution in [3.63, 3.8) is 0 Å². The number of carbonyl (C=O) groups excluding carboxylic acids is 1. The van der Waals surface area contributed by atoms with E-state index in [4.69, 9.17) is 11.6 Å². The van der Waals surface area contributed by atoms with E-state index in [1.165, 1.54) is 5.56 Å². The van der Waals surface area contributed by atoms with Gasteiger partial charge in [-0.05, 0) is 30.5 Å². The van der Waals surface area contributed by atoms with Crippen LogP contribution in [-0.4, -0.2) is 12.6 Å². The van der Waals surface area contributed by atoms with Crippen LogP contribution in [-0.2, 0) is 13.0 Å². The number of benzene rings is 2. The molecule has 0 atom stereocenters. The average Bonchev–Trinajstić information content (AvgIpc) is 2.47. The first kappa shape index (κ1) is 15.4. The summed E-state index contributed by atoms with van der Waals surface area (Å²) in [5.74, 6) is 0. The van der Waals surface area contributed by atoms with Crippen LogP contribution in [0.25, 0.3) is 0 Å². The molecule has 2 aromatic carbocycles. The lowest BCUT2D eigenvalue weighted by molar-refractivity contribution is 0.240. The molecule has 0 fully saturated rings. The summed E-state index contributed by atoms with van der Waals surface area (Å²) in [5.41, 5.74) is 3.32. The molecule has 0 aliphatic rings. The molecular formula is C17H19ClN2O. The number of urea groups is 1. The van der Waals surface area contributed by atoms with Gasteiger partial charge in [0.15, 0.2) is 0 Å². The Morgan fingerprint density at radius 3 is 2.67 bits per heavy atom. The summed E-state index contributed by atoms with van der Waals surface area (Å²) < 4.78 is 0. The van der Waals surface area contributed by atoms with Gasteiger partial charge in [-0.1, -0.05) is 59.6 Å². The first-order valence-electron chi connectivity index (χ1n) is 6.96. The van der Waals surface area contributed by atoms with E-state index >= 15 is 0 Å². The minimum Gasteiger partial charge on any atom is -0.338 e. The summed E-state index contributed by atoms with van der Waals surface area (Å²) in [4.78, 5) is 11.7. The van der Waals surface area contributed by atoms with E-state index in [-0.39, 0.29) is 6.03 Å². The minimum atomic E-state index is -0.163. The molecule has 0 unspecified atom stereocenters. The van der Waals surface area contributed by atoms with E-state index in [9.17, 15) is 4.79 Å². The highest BCUT2D eigenvalue weighted by molar-refractivity contribution is 6.31. The highest BCUT2D eigenvalue weighted by Gasteiger charge is 2.02. The van der Waals surface area contributed by atoms with Crippen molar-refractivity contribution in [2.45, 2.75) is 19.9 Å². The molecule has 0 aromatic heterocycles. The molecule has 2 N–H and O–H groups in total. The lowest BCUT2D eigenvalue weighted by atomic mass is 10.1. The van der Waals surface area contributed by atoms with Crippen molar-refractivity contribution in [2.24, 2.45) is 0 Å². The monoisotopic (exact) mass is 302 g/mol. The van der Waals surface area contributed by atoms with Crippen molar-refractivity contribution >= 4 is 17.6 Å². The Bertz CT molecular complexity index is 613. The van der Waals surface area contributed by atoms with E-state index in [1.807, 2.05) is 49.4 Å². The molecule has 2 amide bonds. The second kappa shape index (κ2) is 7.70. The van der Waals surface area contributed by atoms with Crippen LogP contribution < -0.4 is 10.6 Å². The Morgan fingerprint density at radius 2 is 1.90 bits per heavy atom. The van der Waals surface area contributed by atoms with Crippen molar-refractivity contribution in [3.05, 3.63) is 70.2 Å². The SMILES string of the molecule is Cc1cccc(CNC(=O)NCCc2ccccc2Cl)c1. The molecule has 0 heterocycles. The molecule has 2 rings (SSSR count). The van der Waals surface area contributed by atoms with Crippen LogP contribution in [0.2, 0.25) is 5.02 Å². The standard InChI is InChI=1S/C17H19ClN2O/c1-13-5-4-6-14(11-13)12-20-17(21)19-10-9-15-7-2-3-8-16(15)18/h2-8,11H,9-10,12H2,1H3,(H2,19,20,21). The quantitative estimate of drug-likeness (QED) is 0.869. The maximum Gasteiger partial charge on any atom is 0.315 e. The summed E-state index contributed by atoms with van der Waals surface area (Å²) in [6.45, 7) is 3.12. The van der Waals surface area contributed by atoms with Gasteiger partial charge in [0.2, 0.25) is 0 Å². The summed E-state index contributed by atoms with van der Waals surface area (Å²) >= 11 is 6.07. The van der Waals surface area contributed by atoms with Gasteiger partial charge in [0.1, 0.15) is 0 Å². The molecular weight excluding hydrogens is 284 g/mol. The Hall–Kier alpha value is -2.00. The number of rotatable bonds is 5. The summed E-state index contributed by atoms with van der Waals surface area (Å²) in [5, 5.41) is 6.41. The first-order valence-corrected chi connectivity index (χ1v) is 7.33. The molecule has 21 heavy (non-hydrogen) atoms. The molecule has 0 radical (unpaired) electrons. The maximum absolute atomic E-state index is 11.7. The van der Waals surface area contributed by atoms with Gasteiger partial charge in [0.05, 0.1) is 0 Å². The predicted molar refractivity (Wildman–Crippen MR) is 86.6 cm³/mol. The van der Waals surface area contributed by atoms with Crippen LogP contribution in [0.4, 0.5) is 4.79 Å². The number of hydrogen-bond acceptors (Lipinski definition) is 1. The molecule has 0 saturated heterocycles. The number of hydrogen-bond donors (Lipinski definition) is 2. The average molecular weight is 303 g/mol. The molecule has 0 bridgehead atoms. The molecule has 0 spiro atoms. The molecule has 0 aliphatic heterocycles. The Balaban J connectivity index is 1.72. The largest absolute Gasteiger partial charge is 0.338 e. The Kier molecular flexibility index (Phi) is 5.64. The maximum atomic E-state index is 11.7. The topological polar surface area (TPSA) is 41.1 Å². The smallest absolute Gasteiger partial charge is 0.315 e. The van der Waals surface area contributed by atoms with E-state index < -0.39 is 0 Å². The summed E-state index contributed by atoms with van der Waals surface area (Å²) in [6, 6.07) is 15.6. The fraction of sp³-hybridized carbons (Fsp3) is 0.235. The third-order valence-corrected chi connectivity index (χ3v) is 3.54. The van der Waals surface area contributed by atoms with Gasteiger partial charge in [-0.3, -0.25) is 0 Å². The van der Waals surface area contributed by atoms with Crippen LogP contribution in [0.1, 0.15) is 16.7 Å². The van der Waals surface area contributed by atoms with E-state index in [2.05, 4.69) is 16.7 Å². The third kappa shape index (κ3) is 5.12. The summed E-state index contributed by atoms with van der Waals surface area (Å²) in [6.07, 6.45) is 0.720. The Morgan fingerprint density at radius 1 is 1.10 bits per heavy atom. The first-order chi connectivity index (χ1) is 10.1. The highest BCUT2D eigenvalue weighted by atomic mass is 35.5. The molecule has 0 saturated carbocycles. The second-order valence-electron chi connectivity index (χ2n) is 4.94. The van der Waals surface area contributed by atoms with Gasteiger partial charge < -0.3 is 10.6 Å². The van der Waals surface area contributed by atoms with Crippen molar-refractivity contribution in [3.8, 4) is 0 Å². The molecule has 3 nitrogen and oxygen atoms in total. The van der Waals surface area contributed by atoms with Crippen molar-refractivity contribution < 1.29 is 4.79 Å². The number of nitrogens with one attached hydrogen (secondary N) is 2. The van der Waals surface area contributed by atoms with E-state index in [0.29, 0.717) is 13.1 Å². The minimum absolute atomic E-state index is 0.163. The fourth-order valence-corrected chi connectivity index (χ4v) is 2.31. The van der Waals surface area contributed by atoms with Gasteiger partial charge in [-0.25, -0.2) is 4.79 Å². The van der Waals surface area contributed by atoms with Crippen LogP contribution >= 0.6 is 11.6 Å². The van der Waals surface area contributed by atoms with Crippen LogP contribution in [0.5, 0.6) is 0 Å². The Labute approximate surface area is 130 Å². The number of carbonyl (C=O) groups is 1. The number of halogens is 1. The molecule has 0 aliphatic carbocycles. The van der Waals surface area contributed by atoms with Crippen LogP contribution in [0, 0.1) is 6.92 Å². The zero-order chi connectivity index (χ0) is 15.1. The lowest BCUT2D eigenvalue weighted by Gasteiger charge is -2.09. The predicted octanol–water partition coefficient (Wildman–Crippen LogP) is 3.69. The van der Waals surface area contributed by atoms with Gasteiger partial charge in [-0.2, -0.15) is 0 Å². The summed E-state index contributed by atoms with van der Waals surface area (Å²) in [7, 11) is 0. The normalized spacial score (nSPS) is 10.2. The second-order valence-corrected chi connectivity index (χ2v) is 5.35. The third-order valence-electron chi connectivity index (χ3n) is 3.17. The van der Waals surface area contributed by atoms with Gasteiger partial charge in [-0.15, -0.1) is 0 Å². The van der Waals surface area contributed by atoms with Gasteiger partial charge in [0, 0.05) is 18.1 Å². The molecule has 110 valence electrons. The number of aryl methyl sites for hydroxylation is 1. The molecule has 4 heteroatoms. The molecule has 2 aromatic rings. The zero-order valence-electron chi connectivity index (χ0n) is 12.0. The van der Waals surface area contributed by atoms with Crippen LogP contribution in [0.3, 0.4) is 0 Å². The van der Waals surface area contributed by atoms with Crippen molar-refractivity contribution in [2.75, 3.05) is 6.54 Å². The van der Waals surface area contributed by atoms with Crippen molar-refractivity contribution in [1.29, 1.82) is 0 Å². The van der Waals surface area contributed by atoms with Crippen LogP contribution in [0.15, 0.2) is 48.5 Å². The van der Waals surface area contributed by atoms with E-state index in [1.54, 1.807) is 0 Å². The zero-order valence-corrected chi connectivity index (χ0v) is 12.8. The van der Waals surface area contributed by atoms with Gasteiger partial charge >= 0.3 is 6.03 Å². The fourth-order valence-electron chi connectivity index (χ4n) is 2.08.